The molecule has 16 heavy (non-hydrogen) atoms. The summed E-state index contributed by atoms with van der Waals surface area (Å²) in [6, 6.07) is 0. The van der Waals surface area contributed by atoms with Crippen molar-refractivity contribution < 1.29 is 4.79 Å². The molecule has 2 atom stereocenters. The van der Waals surface area contributed by atoms with Crippen molar-refractivity contribution in [3.63, 3.8) is 0 Å². The fraction of sp³-hybridized carbons (Fsp3) is 0.692. The molecule has 3 nitrogen and oxygen atoms in total. The van der Waals surface area contributed by atoms with Gasteiger partial charge in [0, 0.05) is 19.0 Å². The summed E-state index contributed by atoms with van der Waals surface area (Å²) in [6.45, 7) is 8.26. The summed E-state index contributed by atoms with van der Waals surface area (Å²) < 4.78 is 1.50. The SMILES string of the molecule is CC(=O)n1cc2c(n1)[C@H](C)CC[C@H]2C(C)C. The number of fused-ring (bicyclic) bond motifs is 1. The van der Waals surface area contributed by atoms with Gasteiger partial charge in [-0.3, -0.25) is 4.79 Å². The Morgan fingerprint density at radius 1 is 1.50 bits per heavy atom. The smallest absolute Gasteiger partial charge is 0.243 e. The van der Waals surface area contributed by atoms with Crippen LogP contribution in [0, 0.1) is 5.92 Å². The van der Waals surface area contributed by atoms with Crippen LogP contribution in [0.4, 0.5) is 0 Å². The van der Waals surface area contributed by atoms with Gasteiger partial charge >= 0.3 is 0 Å². The largest absolute Gasteiger partial charge is 0.273 e. The quantitative estimate of drug-likeness (QED) is 0.728. The molecule has 3 heteroatoms. The van der Waals surface area contributed by atoms with E-state index in [4.69, 9.17) is 0 Å². The van der Waals surface area contributed by atoms with E-state index in [1.54, 1.807) is 6.92 Å². The van der Waals surface area contributed by atoms with Gasteiger partial charge in [-0.2, -0.15) is 5.10 Å². The first-order chi connectivity index (χ1) is 7.50. The van der Waals surface area contributed by atoms with Crippen LogP contribution in [0.5, 0.6) is 0 Å². The Balaban J connectivity index is 2.44. The maximum Gasteiger partial charge on any atom is 0.243 e. The van der Waals surface area contributed by atoms with Gasteiger partial charge in [0.15, 0.2) is 0 Å². The minimum absolute atomic E-state index is 0.00380. The summed E-state index contributed by atoms with van der Waals surface area (Å²) in [6.07, 6.45) is 4.35. The first-order valence-electron chi connectivity index (χ1n) is 6.11. The third kappa shape index (κ3) is 1.79. The molecule has 0 aromatic carbocycles. The van der Waals surface area contributed by atoms with E-state index >= 15 is 0 Å². The van der Waals surface area contributed by atoms with Crippen LogP contribution in [0.1, 0.15) is 68.4 Å². The number of carbonyl (C=O) groups excluding carboxylic acids is 1. The Bertz CT molecular complexity index is 406. The number of hydrogen-bond donors (Lipinski definition) is 0. The van der Waals surface area contributed by atoms with Crippen LogP contribution in [0.2, 0.25) is 0 Å². The molecule has 1 aromatic heterocycles. The number of hydrogen-bond acceptors (Lipinski definition) is 2. The molecule has 1 aliphatic carbocycles. The normalized spacial score (nSPS) is 24.6. The van der Waals surface area contributed by atoms with Gasteiger partial charge in [-0.25, -0.2) is 4.68 Å². The van der Waals surface area contributed by atoms with Crippen molar-refractivity contribution in [2.45, 2.75) is 52.4 Å². The molecule has 0 bridgehead atoms. The molecule has 0 aliphatic heterocycles. The van der Waals surface area contributed by atoms with E-state index in [2.05, 4.69) is 25.9 Å². The summed E-state index contributed by atoms with van der Waals surface area (Å²) in [4.78, 5) is 11.3. The Morgan fingerprint density at radius 3 is 2.75 bits per heavy atom. The van der Waals surface area contributed by atoms with Crippen molar-refractivity contribution in [3.8, 4) is 0 Å². The molecule has 0 unspecified atom stereocenters. The number of carbonyl (C=O) groups is 1. The highest BCUT2D eigenvalue weighted by molar-refractivity contribution is 5.75. The second-order valence-electron chi connectivity index (χ2n) is 5.26. The molecule has 0 spiro atoms. The highest BCUT2D eigenvalue weighted by atomic mass is 16.2. The molecule has 0 saturated carbocycles. The number of rotatable bonds is 1. The molecule has 0 saturated heterocycles. The van der Waals surface area contributed by atoms with Crippen LogP contribution < -0.4 is 0 Å². The van der Waals surface area contributed by atoms with Gasteiger partial charge in [0.05, 0.1) is 5.69 Å². The molecule has 0 fully saturated rings. The van der Waals surface area contributed by atoms with Crippen molar-refractivity contribution in [3.05, 3.63) is 17.5 Å². The Kier molecular flexibility index (Phi) is 2.87. The zero-order valence-corrected chi connectivity index (χ0v) is 10.5. The Labute approximate surface area is 96.8 Å². The lowest BCUT2D eigenvalue weighted by Gasteiger charge is -2.28. The molecule has 1 heterocycles. The minimum Gasteiger partial charge on any atom is -0.273 e. The summed E-state index contributed by atoms with van der Waals surface area (Å²) in [5.74, 6) is 1.69. The monoisotopic (exact) mass is 220 g/mol. The first kappa shape index (κ1) is 11.4. The van der Waals surface area contributed by atoms with Crippen molar-refractivity contribution in [2.75, 3.05) is 0 Å². The van der Waals surface area contributed by atoms with E-state index in [9.17, 15) is 4.79 Å². The summed E-state index contributed by atoms with van der Waals surface area (Å²) >= 11 is 0. The highest BCUT2D eigenvalue weighted by Gasteiger charge is 2.30. The maximum atomic E-state index is 11.3. The lowest BCUT2D eigenvalue weighted by atomic mass is 9.76. The van der Waals surface area contributed by atoms with Crippen LogP contribution in [-0.4, -0.2) is 15.7 Å². The average Bonchev–Trinajstić information content (AvgIpc) is 2.62. The van der Waals surface area contributed by atoms with E-state index in [-0.39, 0.29) is 5.91 Å². The van der Waals surface area contributed by atoms with Crippen molar-refractivity contribution in [1.82, 2.24) is 9.78 Å². The molecule has 0 N–H and O–H groups in total. The fourth-order valence-electron chi connectivity index (χ4n) is 2.64. The van der Waals surface area contributed by atoms with E-state index in [1.165, 1.54) is 23.1 Å². The average molecular weight is 220 g/mol. The van der Waals surface area contributed by atoms with Crippen LogP contribution in [-0.2, 0) is 0 Å². The van der Waals surface area contributed by atoms with E-state index in [1.807, 2.05) is 6.20 Å². The van der Waals surface area contributed by atoms with Crippen LogP contribution in [0.3, 0.4) is 0 Å². The van der Waals surface area contributed by atoms with Gasteiger partial charge in [-0.15, -0.1) is 0 Å². The van der Waals surface area contributed by atoms with E-state index in [0.29, 0.717) is 17.8 Å². The minimum atomic E-state index is 0.00380. The second-order valence-corrected chi connectivity index (χ2v) is 5.26. The van der Waals surface area contributed by atoms with Crippen molar-refractivity contribution in [2.24, 2.45) is 5.92 Å². The molecule has 88 valence electrons. The summed E-state index contributed by atoms with van der Waals surface area (Å²) in [7, 11) is 0. The lowest BCUT2D eigenvalue weighted by Crippen LogP contribution is -2.15. The van der Waals surface area contributed by atoms with Gasteiger partial charge in [0.2, 0.25) is 5.91 Å². The second kappa shape index (κ2) is 4.04. The molecule has 1 aromatic rings. The van der Waals surface area contributed by atoms with Crippen LogP contribution in [0.15, 0.2) is 6.20 Å². The lowest BCUT2D eigenvalue weighted by molar-refractivity contribution is 0.0920. The van der Waals surface area contributed by atoms with E-state index < -0.39 is 0 Å². The zero-order valence-electron chi connectivity index (χ0n) is 10.5. The van der Waals surface area contributed by atoms with Crippen LogP contribution in [0.25, 0.3) is 0 Å². The van der Waals surface area contributed by atoms with Crippen molar-refractivity contribution in [1.29, 1.82) is 0 Å². The molecule has 2 rings (SSSR count). The molecule has 0 amide bonds. The molecular weight excluding hydrogens is 200 g/mol. The predicted octanol–water partition coefficient (Wildman–Crippen LogP) is 3.18. The van der Waals surface area contributed by atoms with Gasteiger partial charge in [-0.05, 0) is 30.2 Å². The Morgan fingerprint density at radius 2 is 2.19 bits per heavy atom. The van der Waals surface area contributed by atoms with Gasteiger partial charge in [0.1, 0.15) is 0 Å². The number of nitrogens with zero attached hydrogens (tertiary/aromatic N) is 2. The number of aromatic nitrogens is 2. The third-order valence-electron chi connectivity index (χ3n) is 3.68. The topological polar surface area (TPSA) is 34.9 Å². The summed E-state index contributed by atoms with van der Waals surface area (Å²) in [5, 5.41) is 4.43. The Hall–Kier alpha value is -1.12. The van der Waals surface area contributed by atoms with Crippen LogP contribution >= 0.6 is 0 Å². The molecule has 0 radical (unpaired) electrons. The highest BCUT2D eigenvalue weighted by Crippen LogP contribution is 2.41. The third-order valence-corrected chi connectivity index (χ3v) is 3.68. The predicted molar refractivity (Wildman–Crippen MR) is 63.8 cm³/mol. The summed E-state index contributed by atoms with van der Waals surface area (Å²) in [5.41, 5.74) is 2.43. The van der Waals surface area contributed by atoms with E-state index in [0.717, 1.165) is 5.69 Å². The maximum absolute atomic E-state index is 11.3. The fourth-order valence-corrected chi connectivity index (χ4v) is 2.64. The van der Waals surface area contributed by atoms with Crippen molar-refractivity contribution >= 4 is 5.91 Å². The standard InChI is InChI=1S/C13H20N2O/c1-8(2)11-6-5-9(3)13-12(11)7-15(14-13)10(4)16/h7-9,11H,5-6H2,1-4H3/t9-,11+/m1/s1. The first-order valence-corrected chi connectivity index (χ1v) is 6.11. The van der Waals surface area contributed by atoms with Gasteiger partial charge in [0.25, 0.3) is 0 Å². The van der Waals surface area contributed by atoms with Gasteiger partial charge in [-0.1, -0.05) is 20.8 Å². The molecular formula is C13H20N2O. The molecule has 1 aliphatic rings. The zero-order chi connectivity index (χ0) is 11.9. The van der Waals surface area contributed by atoms with Gasteiger partial charge < -0.3 is 0 Å².